The predicted molar refractivity (Wildman–Crippen MR) is 75.0 cm³/mol. The van der Waals surface area contributed by atoms with E-state index < -0.39 is 0 Å². The minimum Gasteiger partial charge on any atom is -0.175 e. The average molecular weight is 230 g/mol. The van der Waals surface area contributed by atoms with Crippen LogP contribution in [0.1, 0.15) is 16.7 Å². The molecule has 2 aromatic rings. The van der Waals surface area contributed by atoms with Crippen LogP contribution in [0.15, 0.2) is 54.6 Å². The molecule has 0 bridgehead atoms. The maximum absolute atomic E-state index is 4.18. The molecule has 1 heteroatoms. The number of hydrogen-bond acceptors (Lipinski definition) is 1. The third-order valence-electron chi connectivity index (χ3n) is 2.37. The molecule has 0 aromatic heterocycles. The Labute approximate surface area is 104 Å². The predicted octanol–water partition coefficient (Wildman–Crippen LogP) is 4.42. The van der Waals surface area contributed by atoms with Gasteiger partial charge in [-0.1, -0.05) is 60.2 Å². The van der Waals surface area contributed by atoms with Gasteiger partial charge in [0.05, 0.1) is 0 Å². The molecule has 0 saturated heterocycles. The smallest absolute Gasteiger partial charge is 0.0156 e. The van der Waals surface area contributed by atoms with E-state index in [0.29, 0.717) is 0 Å². The van der Waals surface area contributed by atoms with E-state index >= 15 is 0 Å². The minimum absolute atomic E-state index is 0.840. The van der Waals surface area contributed by atoms with Crippen molar-refractivity contribution < 1.29 is 0 Å². The first-order chi connectivity index (χ1) is 7.74. The Morgan fingerprint density at radius 3 is 1.75 bits per heavy atom. The summed E-state index contributed by atoms with van der Waals surface area (Å²) >= 11 is 4.18. The van der Waals surface area contributed by atoms with Crippen molar-refractivity contribution in [1.29, 1.82) is 0 Å². The van der Waals surface area contributed by atoms with Crippen molar-refractivity contribution in [1.82, 2.24) is 0 Å². The summed E-state index contributed by atoms with van der Waals surface area (Å²) in [5, 5.41) is 0. The van der Waals surface area contributed by atoms with Gasteiger partial charge in [-0.3, -0.25) is 0 Å². The number of aryl methyl sites for hydroxylation is 2. The van der Waals surface area contributed by atoms with Gasteiger partial charge in [-0.25, -0.2) is 0 Å². The lowest BCUT2D eigenvalue weighted by atomic mass is 10.1. The molecule has 0 aliphatic heterocycles. The number of thiol groups is 1. The summed E-state index contributed by atoms with van der Waals surface area (Å²) in [4.78, 5) is 0. The van der Waals surface area contributed by atoms with Crippen LogP contribution in [0.5, 0.6) is 0 Å². The fraction of sp³-hybridized carbons (Fsp3) is 0.200. The van der Waals surface area contributed by atoms with E-state index in [0.717, 1.165) is 5.75 Å². The zero-order chi connectivity index (χ0) is 11.8. The summed E-state index contributed by atoms with van der Waals surface area (Å²) in [6, 6.07) is 18.5. The van der Waals surface area contributed by atoms with Crippen LogP contribution in [0, 0.1) is 13.8 Å². The van der Waals surface area contributed by atoms with Gasteiger partial charge in [0.15, 0.2) is 0 Å². The van der Waals surface area contributed by atoms with Gasteiger partial charge in [-0.05, 0) is 25.0 Å². The van der Waals surface area contributed by atoms with Gasteiger partial charge in [0, 0.05) is 5.75 Å². The Bertz CT molecular complexity index is 407. The molecular weight excluding hydrogens is 212 g/mol. The van der Waals surface area contributed by atoms with Gasteiger partial charge in [-0.15, -0.1) is 0 Å². The molecule has 0 unspecified atom stereocenters. The van der Waals surface area contributed by atoms with E-state index in [1.54, 1.807) is 0 Å². The Morgan fingerprint density at radius 1 is 0.812 bits per heavy atom. The summed E-state index contributed by atoms with van der Waals surface area (Å²) in [5.41, 5.74) is 3.97. The lowest BCUT2D eigenvalue weighted by Crippen LogP contribution is -1.80. The fourth-order valence-electron chi connectivity index (χ4n) is 1.32. The van der Waals surface area contributed by atoms with E-state index in [-0.39, 0.29) is 0 Å². The van der Waals surface area contributed by atoms with Gasteiger partial charge < -0.3 is 0 Å². The highest BCUT2D eigenvalue weighted by molar-refractivity contribution is 7.79. The Kier molecular flexibility index (Phi) is 5.73. The monoisotopic (exact) mass is 230 g/mol. The van der Waals surface area contributed by atoms with Crippen molar-refractivity contribution in [3.8, 4) is 0 Å². The zero-order valence-electron chi connectivity index (χ0n) is 9.85. The molecule has 0 amide bonds. The number of benzene rings is 2. The summed E-state index contributed by atoms with van der Waals surface area (Å²) in [5.74, 6) is 0.840. The summed E-state index contributed by atoms with van der Waals surface area (Å²) in [6.45, 7) is 4.19. The SMILES string of the molecule is Cc1ccccc1.Cc1ccccc1CS. The second-order valence-corrected chi connectivity index (χ2v) is 4.06. The van der Waals surface area contributed by atoms with Gasteiger partial charge in [0.1, 0.15) is 0 Å². The van der Waals surface area contributed by atoms with Crippen molar-refractivity contribution >= 4 is 12.6 Å². The van der Waals surface area contributed by atoms with Gasteiger partial charge in [0.2, 0.25) is 0 Å². The molecule has 16 heavy (non-hydrogen) atoms. The van der Waals surface area contributed by atoms with Crippen molar-refractivity contribution in [3.63, 3.8) is 0 Å². The van der Waals surface area contributed by atoms with E-state index in [2.05, 4.69) is 50.7 Å². The topological polar surface area (TPSA) is 0 Å². The molecule has 0 heterocycles. The molecule has 0 radical (unpaired) electrons. The van der Waals surface area contributed by atoms with E-state index in [9.17, 15) is 0 Å². The lowest BCUT2D eigenvalue weighted by molar-refractivity contribution is 1.32. The van der Waals surface area contributed by atoms with Crippen LogP contribution >= 0.6 is 12.6 Å². The summed E-state index contributed by atoms with van der Waals surface area (Å²) < 4.78 is 0. The first kappa shape index (κ1) is 12.9. The van der Waals surface area contributed by atoms with Crippen LogP contribution < -0.4 is 0 Å². The molecule has 0 aliphatic carbocycles. The molecule has 0 nitrogen and oxygen atoms in total. The normalized spacial score (nSPS) is 9.19. The maximum atomic E-state index is 4.18. The van der Waals surface area contributed by atoms with Crippen LogP contribution in [0.25, 0.3) is 0 Å². The Morgan fingerprint density at radius 2 is 1.38 bits per heavy atom. The fourth-order valence-corrected chi connectivity index (χ4v) is 1.68. The number of hydrogen-bond donors (Lipinski definition) is 1. The number of rotatable bonds is 1. The maximum Gasteiger partial charge on any atom is 0.0156 e. The average Bonchev–Trinajstić information content (AvgIpc) is 2.31. The summed E-state index contributed by atoms with van der Waals surface area (Å²) in [7, 11) is 0. The third-order valence-corrected chi connectivity index (χ3v) is 2.71. The highest BCUT2D eigenvalue weighted by Gasteiger charge is 1.90. The van der Waals surface area contributed by atoms with E-state index in [4.69, 9.17) is 0 Å². The van der Waals surface area contributed by atoms with Crippen LogP contribution in [0.2, 0.25) is 0 Å². The van der Waals surface area contributed by atoms with Crippen molar-refractivity contribution in [3.05, 3.63) is 71.3 Å². The molecule has 0 spiro atoms. The zero-order valence-corrected chi connectivity index (χ0v) is 10.7. The second kappa shape index (κ2) is 7.13. The van der Waals surface area contributed by atoms with Crippen LogP contribution in [0.4, 0.5) is 0 Å². The molecule has 0 saturated carbocycles. The quantitative estimate of drug-likeness (QED) is 0.689. The molecule has 2 aromatic carbocycles. The Hall–Kier alpha value is -1.21. The largest absolute Gasteiger partial charge is 0.175 e. The third kappa shape index (κ3) is 4.54. The second-order valence-electron chi connectivity index (χ2n) is 3.74. The molecule has 0 aliphatic rings. The van der Waals surface area contributed by atoms with Gasteiger partial charge >= 0.3 is 0 Å². The van der Waals surface area contributed by atoms with Crippen LogP contribution in [0.3, 0.4) is 0 Å². The van der Waals surface area contributed by atoms with E-state index in [1.807, 2.05) is 30.3 Å². The van der Waals surface area contributed by atoms with Gasteiger partial charge in [0.25, 0.3) is 0 Å². The van der Waals surface area contributed by atoms with Crippen molar-refractivity contribution in [2.24, 2.45) is 0 Å². The molecule has 2 rings (SSSR count). The molecule has 0 fully saturated rings. The first-order valence-electron chi connectivity index (χ1n) is 5.41. The lowest BCUT2D eigenvalue weighted by Gasteiger charge is -1.98. The first-order valence-corrected chi connectivity index (χ1v) is 6.04. The van der Waals surface area contributed by atoms with Gasteiger partial charge in [-0.2, -0.15) is 12.6 Å². The van der Waals surface area contributed by atoms with Crippen LogP contribution in [-0.2, 0) is 5.75 Å². The minimum atomic E-state index is 0.840. The molecule has 0 N–H and O–H groups in total. The molecular formula is C15H18S. The Balaban J connectivity index is 0.000000165. The van der Waals surface area contributed by atoms with Crippen molar-refractivity contribution in [2.75, 3.05) is 0 Å². The highest BCUT2D eigenvalue weighted by Crippen LogP contribution is 2.08. The highest BCUT2D eigenvalue weighted by atomic mass is 32.1. The standard InChI is InChI=1S/C8H10S.C7H8/c1-7-4-2-3-5-8(7)6-9;1-7-5-3-2-4-6-7/h2-5,9H,6H2,1H3;2-6H,1H3. The molecule has 0 atom stereocenters. The van der Waals surface area contributed by atoms with Crippen LogP contribution in [-0.4, -0.2) is 0 Å². The van der Waals surface area contributed by atoms with Crippen molar-refractivity contribution in [2.45, 2.75) is 19.6 Å². The van der Waals surface area contributed by atoms with E-state index in [1.165, 1.54) is 16.7 Å². The molecule has 84 valence electrons. The summed E-state index contributed by atoms with van der Waals surface area (Å²) in [6.07, 6.45) is 0.